The van der Waals surface area contributed by atoms with Gasteiger partial charge in [-0.15, -0.1) is 0 Å². The normalized spacial score (nSPS) is 32.9. The summed E-state index contributed by atoms with van der Waals surface area (Å²) in [4.78, 5) is 37.3. The number of hydrogen-bond acceptors (Lipinski definition) is 4. The predicted molar refractivity (Wildman–Crippen MR) is 126 cm³/mol. The maximum atomic E-state index is 12.3. The van der Waals surface area contributed by atoms with Crippen LogP contribution in [0.1, 0.15) is 104 Å². The van der Waals surface area contributed by atoms with E-state index >= 15 is 0 Å². The van der Waals surface area contributed by atoms with Crippen molar-refractivity contribution < 1.29 is 19.1 Å². The smallest absolute Gasteiger partial charge is 0.417 e. The van der Waals surface area contributed by atoms with Crippen LogP contribution in [0.25, 0.3) is 0 Å². The van der Waals surface area contributed by atoms with Crippen LogP contribution in [0.15, 0.2) is 22.3 Å². The summed E-state index contributed by atoms with van der Waals surface area (Å²) in [7, 11) is 0. The number of likely N-dealkylation sites (tertiary alicyclic amines) is 1. The molecule has 33 heavy (non-hydrogen) atoms. The van der Waals surface area contributed by atoms with Crippen molar-refractivity contribution in [3.05, 3.63) is 22.3 Å². The van der Waals surface area contributed by atoms with Gasteiger partial charge in [0.2, 0.25) is 5.91 Å². The molecule has 5 heteroatoms. The lowest BCUT2D eigenvalue weighted by Gasteiger charge is -2.29. The van der Waals surface area contributed by atoms with Gasteiger partial charge >= 0.3 is 6.09 Å². The Bertz CT molecular complexity index is 921. The van der Waals surface area contributed by atoms with E-state index in [-0.39, 0.29) is 11.9 Å². The Hall–Kier alpha value is -1.91. The summed E-state index contributed by atoms with van der Waals surface area (Å²) in [6, 6.07) is -0.00681. The van der Waals surface area contributed by atoms with E-state index in [0.29, 0.717) is 24.0 Å². The average molecular weight is 454 g/mol. The van der Waals surface area contributed by atoms with Gasteiger partial charge in [0.1, 0.15) is 11.4 Å². The topological polar surface area (TPSA) is 63.7 Å². The van der Waals surface area contributed by atoms with Gasteiger partial charge < -0.3 is 4.74 Å². The van der Waals surface area contributed by atoms with Crippen LogP contribution >= 0.6 is 0 Å². The van der Waals surface area contributed by atoms with Gasteiger partial charge in [0.05, 0.1) is 6.04 Å². The number of imide groups is 1. The van der Waals surface area contributed by atoms with Gasteiger partial charge in [-0.25, -0.2) is 9.69 Å². The SMILES string of the molecule is CC(C)(C)OC(=O)N1C(=O)C[C@H]2CC3=C(CCCC3)[C@H]21.O=C1C[C@H]2CC3=C(CCCC3)[C@H]2C1. The predicted octanol–water partition coefficient (Wildman–Crippen LogP) is 6.27. The number of amides is 2. The maximum Gasteiger partial charge on any atom is 0.417 e. The number of Topliss-reactive ketones (excluding diaryl/α,β-unsaturated/α-hetero) is 1. The van der Waals surface area contributed by atoms with Crippen molar-refractivity contribution in [2.45, 2.75) is 116 Å². The van der Waals surface area contributed by atoms with E-state index in [1.54, 1.807) is 11.1 Å². The van der Waals surface area contributed by atoms with E-state index in [4.69, 9.17) is 4.74 Å². The van der Waals surface area contributed by atoms with Gasteiger partial charge in [-0.1, -0.05) is 16.7 Å². The molecule has 180 valence electrons. The van der Waals surface area contributed by atoms with E-state index in [1.807, 2.05) is 20.8 Å². The first-order chi connectivity index (χ1) is 15.7. The minimum Gasteiger partial charge on any atom is -0.443 e. The monoisotopic (exact) mass is 453 g/mol. The fourth-order valence-corrected chi connectivity index (χ4v) is 7.39. The quantitative estimate of drug-likeness (QED) is 0.406. The van der Waals surface area contributed by atoms with Gasteiger partial charge in [0, 0.05) is 19.3 Å². The second-order valence-corrected chi connectivity index (χ2v) is 12.0. The van der Waals surface area contributed by atoms with Gasteiger partial charge in [0.25, 0.3) is 0 Å². The van der Waals surface area contributed by atoms with Crippen LogP contribution in [-0.4, -0.2) is 34.3 Å². The number of rotatable bonds is 0. The highest BCUT2D eigenvalue weighted by molar-refractivity contribution is 5.95. The first kappa shape index (κ1) is 22.9. The number of fused-ring (bicyclic) bond motifs is 4. The molecule has 0 spiro atoms. The van der Waals surface area contributed by atoms with Crippen molar-refractivity contribution in [1.82, 2.24) is 4.90 Å². The minimum absolute atomic E-state index is 0.00681. The number of carbonyl (C=O) groups is 3. The van der Waals surface area contributed by atoms with E-state index in [0.717, 1.165) is 38.0 Å². The molecule has 0 N–H and O–H groups in total. The molecular weight excluding hydrogens is 414 g/mol. The zero-order chi connectivity index (χ0) is 23.3. The summed E-state index contributed by atoms with van der Waals surface area (Å²) in [5.41, 5.74) is 5.76. The van der Waals surface area contributed by atoms with Crippen LogP contribution < -0.4 is 0 Å². The standard InChI is InChI=1S/C16H23NO3.C12H16O/c1-16(2,3)20-15(19)17-13(18)9-11-8-10-6-4-5-7-12(10)14(11)17;13-10-6-9-5-8-3-1-2-4-11(8)12(9)7-10/h11,14H,4-9H2,1-3H3;9,12H,1-7H2/t11-,14+;9-,12+/m11/s1. The molecule has 0 aromatic carbocycles. The molecule has 2 fully saturated rings. The molecule has 1 aliphatic heterocycles. The Morgan fingerprint density at radius 2 is 1.39 bits per heavy atom. The zero-order valence-corrected chi connectivity index (χ0v) is 20.6. The van der Waals surface area contributed by atoms with E-state index in [1.165, 1.54) is 61.0 Å². The molecule has 1 saturated carbocycles. The maximum absolute atomic E-state index is 12.3. The zero-order valence-electron chi connectivity index (χ0n) is 20.6. The summed E-state index contributed by atoms with van der Waals surface area (Å²) >= 11 is 0. The molecule has 1 heterocycles. The van der Waals surface area contributed by atoms with E-state index in [2.05, 4.69) is 0 Å². The van der Waals surface area contributed by atoms with Crippen LogP contribution in [-0.2, 0) is 14.3 Å². The van der Waals surface area contributed by atoms with Crippen LogP contribution in [0.4, 0.5) is 4.79 Å². The molecule has 5 nitrogen and oxygen atoms in total. The highest BCUT2D eigenvalue weighted by atomic mass is 16.6. The van der Waals surface area contributed by atoms with Crippen molar-refractivity contribution >= 4 is 17.8 Å². The van der Waals surface area contributed by atoms with Crippen LogP contribution in [0.3, 0.4) is 0 Å². The molecule has 2 amide bonds. The number of hydrogen-bond donors (Lipinski definition) is 0. The second kappa shape index (κ2) is 8.70. The molecule has 0 aromatic heterocycles. The highest BCUT2D eigenvalue weighted by Gasteiger charge is 2.50. The minimum atomic E-state index is -0.558. The molecule has 1 saturated heterocycles. The fourth-order valence-electron chi connectivity index (χ4n) is 7.39. The summed E-state index contributed by atoms with van der Waals surface area (Å²) in [6.07, 6.45) is 14.1. The first-order valence-electron chi connectivity index (χ1n) is 13.2. The van der Waals surface area contributed by atoms with Gasteiger partial charge in [-0.3, -0.25) is 9.59 Å². The number of ether oxygens (including phenoxy) is 1. The van der Waals surface area contributed by atoms with Gasteiger partial charge in [0.15, 0.2) is 0 Å². The fraction of sp³-hybridized carbons (Fsp3) is 0.750. The highest BCUT2D eigenvalue weighted by Crippen LogP contribution is 2.51. The summed E-state index contributed by atoms with van der Waals surface area (Å²) in [6.45, 7) is 5.51. The largest absolute Gasteiger partial charge is 0.443 e. The van der Waals surface area contributed by atoms with Gasteiger partial charge in [-0.05, 0) is 108 Å². The lowest BCUT2D eigenvalue weighted by molar-refractivity contribution is -0.127. The Morgan fingerprint density at radius 3 is 2.09 bits per heavy atom. The molecule has 0 aromatic rings. The molecular formula is C28H39NO4. The third-order valence-corrected chi connectivity index (χ3v) is 8.61. The Morgan fingerprint density at radius 1 is 0.788 bits per heavy atom. The number of nitrogens with zero attached hydrogens (tertiary/aromatic N) is 1. The Kier molecular flexibility index (Phi) is 6.03. The van der Waals surface area contributed by atoms with Crippen molar-refractivity contribution in [3.8, 4) is 0 Å². The van der Waals surface area contributed by atoms with Crippen LogP contribution in [0.2, 0.25) is 0 Å². The molecule has 5 aliphatic carbocycles. The first-order valence-corrected chi connectivity index (χ1v) is 13.2. The molecule has 0 unspecified atom stereocenters. The number of carbonyl (C=O) groups excluding carboxylic acids is 3. The molecule has 0 radical (unpaired) electrons. The van der Waals surface area contributed by atoms with Crippen molar-refractivity contribution in [1.29, 1.82) is 0 Å². The summed E-state index contributed by atoms with van der Waals surface area (Å²) in [5, 5.41) is 0. The summed E-state index contributed by atoms with van der Waals surface area (Å²) in [5.74, 6) is 2.19. The second-order valence-electron chi connectivity index (χ2n) is 12.0. The molecule has 6 rings (SSSR count). The third-order valence-electron chi connectivity index (χ3n) is 8.61. The van der Waals surface area contributed by atoms with E-state index < -0.39 is 11.7 Å². The van der Waals surface area contributed by atoms with Crippen LogP contribution in [0.5, 0.6) is 0 Å². The van der Waals surface area contributed by atoms with Crippen molar-refractivity contribution in [2.24, 2.45) is 17.8 Å². The lowest BCUT2D eigenvalue weighted by atomic mass is 9.88. The van der Waals surface area contributed by atoms with Crippen molar-refractivity contribution in [3.63, 3.8) is 0 Å². The summed E-state index contributed by atoms with van der Waals surface area (Å²) < 4.78 is 5.42. The Labute approximate surface area is 198 Å². The molecule has 0 bridgehead atoms. The number of ketones is 1. The molecule has 6 aliphatic rings. The molecule has 4 atom stereocenters. The van der Waals surface area contributed by atoms with E-state index in [9.17, 15) is 14.4 Å². The lowest BCUT2D eigenvalue weighted by Crippen LogP contribution is -2.43. The Balaban J connectivity index is 0.000000151. The van der Waals surface area contributed by atoms with Crippen LogP contribution in [0, 0.1) is 17.8 Å². The van der Waals surface area contributed by atoms with Crippen molar-refractivity contribution in [2.75, 3.05) is 0 Å². The average Bonchev–Trinajstić information content (AvgIpc) is 3.44. The number of allylic oxidation sites excluding steroid dienone is 3. The third kappa shape index (κ3) is 4.44. The van der Waals surface area contributed by atoms with Gasteiger partial charge in [-0.2, -0.15) is 0 Å².